The molecule has 1 saturated heterocycles. The lowest BCUT2D eigenvalue weighted by Gasteiger charge is -2.26. The fourth-order valence-corrected chi connectivity index (χ4v) is 6.33. The summed E-state index contributed by atoms with van der Waals surface area (Å²) in [4.78, 5) is 65.4. The zero-order valence-electron chi connectivity index (χ0n) is 22.0. The predicted molar refractivity (Wildman–Crippen MR) is 150 cm³/mol. The van der Waals surface area contributed by atoms with Gasteiger partial charge in [0.15, 0.2) is 0 Å². The number of rotatable bonds is 3. The molecule has 2 aliphatic heterocycles. The van der Waals surface area contributed by atoms with E-state index >= 15 is 0 Å². The number of ether oxygens (including phenoxy) is 1. The van der Waals surface area contributed by atoms with Gasteiger partial charge in [0.05, 0.1) is 0 Å². The Kier molecular flexibility index (Phi) is 11.7. The smallest absolute Gasteiger partial charge is 0.326 e. The third-order valence-corrected chi connectivity index (χ3v) is 8.83. The van der Waals surface area contributed by atoms with E-state index in [4.69, 9.17) is 4.74 Å². The first-order valence-corrected chi connectivity index (χ1v) is 15.4. The molecule has 1 fully saturated rings. The third-order valence-electron chi connectivity index (χ3n) is 6.39. The molecular weight excluding hydrogens is 542 g/mol. The van der Waals surface area contributed by atoms with Crippen LogP contribution in [0.25, 0.3) is 0 Å². The van der Waals surface area contributed by atoms with Crippen molar-refractivity contribution in [2.75, 3.05) is 18.1 Å². The molecule has 4 N–H and O–H groups in total. The predicted octanol–water partition coefficient (Wildman–Crippen LogP) is 1.91. The van der Waals surface area contributed by atoms with E-state index in [0.29, 0.717) is 17.7 Å². The van der Waals surface area contributed by atoms with Crippen molar-refractivity contribution >= 4 is 51.1 Å². The summed E-state index contributed by atoms with van der Waals surface area (Å²) < 4.78 is 5.51. The van der Waals surface area contributed by atoms with Gasteiger partial charge in [-0.2, -0.15) is 0 Å². The highest BCUT2D eigenvalue weighted by Crippen LogP contribution is 2.25. The highest BCUT2D eigenvalue weighted by molar-refractivity contribution is 8.76. The van der Waals surface area contributed by atoms with E-state index < -0.39 is 54.3 Å². The molecule has 0 aromatic heterocycles. The number of hydrogen-bond donors (Lipinski definition) is 4. The molecule has 0 aliphatic carbocycles. The summed E-state index contributed by atoms with van der Waals surface area (Å²) in [6.07, 6.45) is 3.29. The number of carbonyl (C=O) groups excluding carboxylic acids is 5. The van der Waals surface area contributed by atoms with Gasteiger partial charge in [0.1, 0.15) is 36.3 Å². The van der Waals surface area contributed by atoms with E-state index in [1.54, 1.807) is 18.2 Å². The summed E-state index contributed by atoms with van der Waals surface area (Å²) in [6, 6.07) is 4.19. The second-order valence-electron chi connectivity index (χ2n) is 9.86. The molecule has 2 bridgehead atoms. The minimum absolute atomic E-state index is 0.0537. The number of amides is 3. The maximum Gasteiger partial charge on any atom is 0.326 e. The van der Waals surface area contributed by atoms with Crippen LogP contribution in [0.2, 0.25) is 0 Å². The van der Waals surface area contributed by atoms with Crippen LogP contribution in [-0.2, 0) is 35.1 Å². The molecule has 0 radical (unpaired) electrons. The summed E-state index contributed by atoms with van der Waals surface area (Å²) in [6.45, 7) is 3.22. The van der Waals surface area contributed by atoms with Gasteiger partial charge in [0.25, 0.3) is 0 Å². The third kappa shape index (κ3) is 9.92. The van der Waals surface area contributed by atoms with Crippen molar-refractivity contribution in [3.05, 3.63) is 42.0 Å². The van der Waals surface area contributed by atoms with Gasteiger partial charge in [0.2, 0.25) is 17.7 Å². The number of nitrogens with one attached hydrogen (secondary N) is 3. The van der Waals surface area contributed by atoms with Crippen LogP contribution in [0.15, 0.2) is 36.4 Å². The second-order valence-corrected chi connectivity index (χ2v) is 12.5. The van der Waals surface area contributed by atoms with Crippen LogP contribution in [0.1, 0.15) is 38.7 Å². The first kappa shape index (κ1) is 30.6. The monoisotopic (exact) mass is 577 g/mol. The fourth-order valence-electron chi connectivity index (χ4n) is 4.18. The number of ketones is 1. The Labute approximate surface area is 235 Å². The lowest BCUT2D eigenvalue weighted by molar-refractivity contribution is -0.148. The van der Waals surface area contributed by atoms with Gasteiger partial charge < -0.3 is 25.8 Å². The first-order valence-electron chi connectivity index (χ1n) is 12.9. The number of phenolic OH excluding ortho intramolecular Hbond substituents is 1. The molecule has 2 unspecified atom stereocenters. The molecule has 3 amide bonds. The number of esters is 1. The maximum atomic E-state index is 13.4. The number of aromatic hydroxyl groups is 1. The van der Waals surface area contributed by atoms with E-state index in [2.05, 4.69) is 16.0 Å². The van der Waals surface area contributed by atoms with Crippen LogP contribution in [0.5, 0.6) is 5.75 Å². The lowest BCUT2D eigenvalue weighted by atomic mass is 9.88. The van der Waals surface area contributed by atoms with Gasteiger partial charge in [-0.15, -0.1) is 0 Å². The van der Waals surface area contributed by atoms with Crippen LogP contribution in [0.3, 0.4) is 0 Å². The Hall–Kier alpha value is -2.99. The molecule has 4 atom stereocenters. The highest BCUT2D eigenvalue weighted by atomic mass is 33.1. The Morgan fingerprint density at radius 3 is 2.44 bits per heavy atom. The maximum absolute atomic E-state index is 13.4. The number of fused-ring (bicyclic) bond motifs is 7. The number of allylic oxidation sites excluding steroid dienone is 1. The van der Waals surface area contributed by atoms with Crippen molar-refractivity contribution in [1.29, 1.82) is 0 Å². The standard InChI is InChI=1S/C27H35N3O7S2/c1-16(2)21-13-19(32)12-20-5-3-4-10-38-39-15-23(30-25(21)34)27(36)29-22(26(35)28-14-24(33)37-20)11-17-6-8-18(31)9-7-17/h3,5-9,16,20-23,31H,4,10-15H2,1-2H3,(H,28,35)(H,29,36)(H,30,34)/b5-3+/t20?,21-,22-,23?/m1/s1. The van der Waals surface area contributed by atoms with Crippen LogP contribution >= 0.6 is 21.6 Å². The lowest BCUT2D eigenvalue weighted by Crippen LogP contribution is -2.56. The van der Waals surface area contributed by atoms with Crippen molar-refractivity contribution in [3.63, 3.8) is 0 Å². The summed E-state index contributed by atoms with van der Waals surface area (Å²) in [5.74, 6) is -2.39. The average Bonchev–Trinajstić information content (AvgIpc) is 2.88. The minimum atomic E-state index is -1.06. The summed E-state index contributed by atoms with van der Waals surface area (Å²) in [5.41, 5.74) is 0.672. The zero-order valence-corrected chi connectivity index (χ0v) is 23.6. The van der Waals surface area contributed by atoms with Gasteiger partial charge in [-0.3, -0.25) is 24.0 Å². The van der Waals surface area contributed by atoms with E-state index in [1.165, 1.54) is 33.7 Å². The van der Waals surface area contributed by atoms with E-state index in [1.807, 2.05) is 19.9 Å². The molecule has 0 spiro atoms. The normalized spacial score (nSPS) is 27.1. The molecular formula is C27H35N3O7S2. The van der Waals surface area contributed by atoms with Crippen molar-refractivity contribution < 1.29 is 33.8 Å². The fraction of sp³-hybridized carbons (Fsp3) is 0.519. The molecule has 1 aromatic carbocycles. The van der Waals surface area contributed by atoms with Gasteiger partial charge >= 0.3 is 5.97 Å². The number of Topliss-reactive ketones (excluding diaryl/α,β-unsaturated/α-hetero) is 1. The van der Waals surface area contributed by atoms with E-state index in [0.717, 1.165) is 0 Å². The summed E-state index contributed by atoms with van der Waals surface area (Å²) in [5, 5.41) is 17.7. The summed E-state index contributed by atoms with van der Waals surface area (Å²) >= 11 is 0. The van der Waals surface area contributed by atoms with Crippen molar-refractivity contribution in [1.82, 2.24) is 16.0 Å². The van der Waals surface area contributed by atoms with Gasteiger partial charge in [-0.1, -0.05) is 53.6 Å². The zero-order chi connectivity index (χ0) is 28.4. The van der Waals surface area contributed by atoms with Crippen molar-refractivity contribution in [3.8, 4) is 5.75 Å². The molecule has 3 rings (SSSR count). The van der Waals surface area contributed by atoms with Gasteiger partial charge in [-0.05, 0) is 36.1 Å². The number of carbonyl (C=O) groups is 5. The number of hydrogen-bond acceptors (Lipinski definition) is 9. The largest absolute Gasteiger partial charge is 0.508 e. The molecule has 2 aliphatic rings. The molecule has 212 valence electrons. The molecule has 12 heteroatoms. The Morgan fingerprint density at radius 1 is 0.974 bits per heavy atom. The van der Waals surface area contributed by atoms with Gasteiger partial charge in [-0.25, -0.2) is 0 Å². The Balaban J connectivity index is 1.96. The van der Waals surface area contributed by atoms with E-state index in [9.17, 15) is 29.1 Å². The molecule has 10 nitrogen and oxygen atoms in total. The summed E-state index contributed by atoms with van der Waals surface area (Å²) in [7, 11) is 2.95. The quantitative estimate of drug-likeness (QED) is 0.240. The van der Waals surface area contributed by atoms with Crippen LogP contribution < -0.4 is 16.0 Å². The molecule has 0 saturated carbocycles. The first-order chi connectivity index (χ1) is 18.6. The van der Waals surface area contributed by atoms with Crippen LogP contribution in [-0.4, -0.2) is 70.8 Å². The Bertz CT molecular complexity index is 1080. The van der Waals surface area contributed by atoms with Crippen molar-refractivity contribution in [2.45, 2.75) is 57.7 Å². The number of benzene rings is 1. The average molecular weight is 578 g/mol. The van der Waals surface area contributed by atoms with Crippen LogP contribution in [0.4, 0.5) is 0 Å². The second kappa shape index (κ2) is 15.0. The number of phenols is 1. The molecule has 39 heavy (non-hydrogen) atoms. The molecule has 2 heterocycles. The minimum Gasteiger partial charge on any atom is -0.508 e. The van der Waals surface area contributed by atoms with Crippen LogP contribution in [0, 0.1) is 11.8 Å². The van der Waals surface area contributed by atoms with Crippen molar-refractivity contribution in [2.24, 2.45) is 11.8 Å². The van der Waals surface area contributed by atoms with E-state index in [-0.39, 0.29) is 42.5 Å². The Morgan fingerprint density at radius 2 is 1.72 bits per heavy atom. The topological polar surface area (TPSA) is 151 Å². The van der Waals surface area contributed by atoms with Gasteiger partial charge in [0, 0.05) is 36.7 Å². The molecule has 1 aromatic rings. The highest BCUT2D eigenvalue weighted by Gasteiger charge is 2.32. The SMILES string of the molecule is CC(C)[C@H]1CC(=O)CC2/C=C/CCSSCC(NC1=O)C(=O)N[C@H](Cc1ccc(O)cc1)C(=O)NCC(=O)O2.